The Morgan fingerprint density at radius 2 is 1.00 bits per heavy atom. The molecule has 0 aliphatic carbocycles. The van der Waals surface area contributed by atoms with Gasteiger partial charge in [0, 0.05) is 38.8 Å². The van der Waals surface area contributed by atoms with Crippen LogP contribution >= 0.6 is 0 Å². The number of ketones is 2. The smallest absolute Gasteiger partial charge is 0.326 e. The highest BCUT2D eigenvalue weighted by atomic mass is 16.5. The molecule has 2 amide bonds. The molecule has 0 heterocycles. The van der Waals surface area contributed by atoms with Crippen LogP contribution in [0.4, 0.5) is 0 Å². The summed E-state index contributed by atoms with van der Waals surface area (Å²) in [5.74, 6) is -2.59. The van der Waals surface area contributed by atoms with Crippen molar-refractivity contribution >= 4 is 35.3 Å². The lowest BCUT2D eigenvalue weighted by atomic mass is 10.0. The Kier molecular flexibility index (Phi) is 33.4. The van der Waals surface area contributed by atoms with E-state index in [-0.39, 0.29) is 81.9 Å². The second-order valence-corrected chi connectivity index (χ2v) is 12.9. The summed E-state index contributed by atoms with van der Waals surface area (Å²) in [6.45, 7) is 3.47. The fourth-order valence-corrected chi connectivity index (χ4v) is 5.14. The molecule has 0 saturated heterocycles. The maximum atomic E-state index is 12.3. The molecule has 0 aromatic rings. The van der Waals surface area contributed by atoms with E-state index in [2.05, 4.69) is 10.6 Å². The van der Waals surface area contributed by atoms with Gasteiger partial charge < -0.3 is 39.8 Å². The number of amides is 2. The van der Waals surface area contributed by atoms with Crippen LogP contribution in [0.15, 0.2) is 0 Å². The summed E-state index contributed by atoms with van der Waals surface area (Å²) < 4.78 is 21.0. The number of rotatable bonds is 39. The van der Waals surface area contributed by atoms with Crippen LogP contribution in [0.3, 0.4) is 0 Å². The summed E-state index contributed by atoms with van der Waals surface area (Å²) in [6.07, 6.45) is 16.6. The van der Waals surface area contributed by atoms with Gasteiger partial charge in [0.25, 0.3) is 0 Å². The van der Waals surface area contributed by atoms with Crippen molar-refractivity contribution in [3.8, 4) is 0 Å². The van der Waals surface area contributed by atoms with Gasteiger partial charge in [-0.3, -0.25) is 24.0 Å². The Labute approximate surface area is 304 Å². The van der Waals surface area contributed by atoms with Crippen LogP contribution in [-0.4, -0.2) is 111 Å². The number of carbonyl (C=O) groups is 6. The number of hydrogen-bond donors (Lipinski definition) is 4. The van der Waals surface area contributed by atoms with E-state index in [9.17, 15) is 33.9 Å². The predicted molar refractivity (Wildman–Crippen MR) is 192 cm³/mol. The quantitative estimate of drug-likeness (QED) is 0.0631. The molecule has 51 heavy (non-hydrogen) atoms. The van der Waals surface area contributed by atoms with E-state index in [0.717, 1.165) is 38.5 Å². The molecule has 14 heteroatoms. The fourth-order valence-electron chi connectivity index (χ4n) is 5.14. The normalized spacial score (nSPS) is 11.6. The lowest BCUT2D eigenvalue weighted by Gasteiger charge is -2.14. The van der Waals surface area contributed by atoms with Crippen molar-refractivity contribution in [2.75, 3.05) is 59.4 Å². The molecule has 0 aliphatic heterocycles. The second-order valence-electron chi connectivity index (χ2n) is 12.9. The Balaban J connectivity index is 3.66. The molecule has 0 spiro atoms. The van der Waals surface area contributed by atoms with Gasteiger partial charge in [0.2, 0.25) is 11.8 Å². The number of carbonyl (C=O) groups excluding carboxylic acids is 4. The number of carboxylic acids is 2. The number of Topliss-reactive ketones (excluding diaryl/α,β-unsaturated/α-hetero) is 2. The molecule has 0 radical (unpaired) electrons. The zero-order valence-electron chi connectivity index (χ0n) is 31.1. The van der Waals surface area contributed by atoms with Crippen LogP contribution < -0.4 is 10.6 Å². The molecule has 0 unspecified atom stereocenters. The molecule has 0 aromatic heterocycles. The Hall–Kier alpha value is -2.94. The van der Waals surface area contributed by atoms with Gasteiger partial charge in [0.15, 0.2) is 5.78 Å². The zero-order chi connectivity index (χ0) is 37.8. The Morgan fingerprint density at radius 1 is 0.510 bits per heavy atom. The summed E-state index contributed by atoms with van der Waals surface area (Å²) in [7, 11) is 0. The first-order valence-electron chi connectivity index (χ1n) is 18.9. The van der Waals surface area contributed by atoms with Crippen molar-refractivity contribution < 1.29 is 57.9 Å². The zero-order valence-corrected chi connectivity index (χ0v) is 31.1. The van der Waals surface area contributed by atoms with Crippen molar-refractivity contribution in [3.05, 3.63) is 0 Å². The van der Waals surface area contributed by atoms with E-state index in [1.54, 1.807) is 0 Å². The van der Waals surface area contributed by atoms with Gasteiger partial charge >= 0.3 is 11.9 Å². The van der Waals surface area contributed by atoms with Crippen molar-refractivity contribution in [3.63, 3.8) is 0 Å². The van der Waals surface area contributed by atoms with Crippen LogP contribution in [0, 0.1) is 0 Å². The molecular weight excluding hydrogens is 664 g/mol. The van der Waals surface area contributed by atoms with Gasteiger partial charge in [-0.1, -0.05) is 77.0 Å². The van der Waals surface area contributed by atoms with E-state index >= 15 is 0 Å². The van der Waals surface area contributed by atoms with Crippen LogP contribution in [0.25, 0.3) is 0 Å². The van der Waals surface area contributed by atoms with E-state index in [0.29, 0.717) is 45.8 Å². The first-order chi connectivity index (χ1) is 24.6. The van der Waals surface area contributed by atoms with Crippen LogP contribution in [-0.2, 0) is 47.7 Å². The lowest BCUT2D eigenvalue weighted by Crippen LogP contribution is -2.41. The minimum absolute atomic E-state index is 0.0468. The SMILES string of the molecule is CC(=O)COCCOCCNC(=O)COCCOCCCC(=O)CC[C@@H](NC(=O)CCCCCCCCCCCCCCCCC(=O)O)C(=O)O. The van der Waals surface area contributed by atoms with E-state index in [1.807, 2.05) is 0 Å². The summed E-state index contributed by atoms with van der Waals surface area (Å²) in [4.78, 5) is 69.1. The monoisotopic (exact) mass is 730 g/mol. The number of unbranched alkanes of at least 4 members (excludes halogenated alkanes) is 13. The Bertz CT molecular complexity index is 947. The molecular formula is C37H66N2O12. The van der Waals surface area contributed by atoms with E-state index in [1.165, 1.54) is 51.9 Å². The minimum Gasteiger partial charge on any atom is -0.481 e. The van der Waals surface area contributed by atoms with Crippen molar-refractivity contribution in [1.29, 1.82) is 0 Å². The topological polar surface area (TPSA) is 204 Å². The molecule has 0 bridgehead atoms. The summed E-state index contributed by atoms with van der Waals surface area (Å²) in [5, 5.41) is 23.3. The van der Waals surface area contributed by atoms with E-state index in [4.69, 9.17) is 24.1 Å². The average Bonchev–Trinajstić information content (AvgIpc) is 3.08. The summed E-state index contributed by atoms with van der Waals surface area (Å²) >= 11 is 0. The predicted octanol–water partition coefficient (Wildman–Crippen LogP) is 4.78. The lowest BCUT2D eigenvalue weighted by molar-refractivity contribution is -0.142. The van der Waals surface area contributed by atoms with Gasteiger partial charge in [0.1, 0.15) is 25.0 Å². The molecule has 0 rings (SSSR count). The number of nitrogens with one attached hydrogen (secondary N) is 2. The summed E-state index contributed by atoms with van der Waals surface area (Å²) in [5.41, 5.74) is 0. The van der Waals surface area contributed by atoms with Crippen molar-refractivity contribution in [1.82, 2.24) is 10.6 Å². The molecule has 0 aliphatic rings. The second kappa shape index (κ2) is 35.5. The van der Waals surface area contributed by atoms with Gasteiger partial charge in [-0.15, -0.1) is 0 Å². The molecule has 0 fully saturated rings. The maximum absolute atomic E-state index is 12.3. The van der Waals surface area contributed by atoms with Gasteiger partial charge in [0.05, 0.1) is 33.0 Å². The summed E-state index contributed by atoms with van der Waals surface area (Å²) in [6, 6.07) is -1.09. The number of hydrogen-bond acceptors (Lipinski definition) is 10. The highest BCUT2D eigenvalue weighted by Gasteiger charge is 2.20. The standard InChI is InChI=1S/C37H66N2O12/c1-31(40)29-50-27-26-49-24-22-38-35(43)30-51-28-25-48-23-16-17-32(41)20-21-33(37(46)47)39-34(42)18-14-12-10-8-6-4-2-3-5-7-9-11-13-15-19-36(44)45/h33H,2-30H2,1H3,(H,38,43)(H,39,42)(H,44,45)(H,46,47)/t33-/m1/s1. The van der Waals surface area contributed by atoms with Crippen LogP contribution in [0.2, 0.25) is 0 Å². The van der Waals surface area contributed by atoms with Gasteiger partial charge in [-0.2, -0.15) is 0 Å². The molecule has 1 atom stereocenters. The molecule has 0 aromatic carbocycles. The third kappa shape index (κ3) is 36.6. The maximum Gasteiger partial charge on any atom is 0.326 e. The third-order valence-electron chi connectivity index (χ3n) is 7.99. The van der Waals surface area contributed by atoms with Crippen molar-refractivity contribution in [2.24, 2.45) is 0 Å². The number of aliphatic carboxylic acids is 2. The fraction of sp³-hybridized carbons (Fsp3) is 0.838. The number of ether oxygens (including phenoxy) is 4. The average molecular weight is 731 g/mol. The Morgan fingerprint density at radius 3 is 1.53 bits per heavy atom. The number of carboxylic acid groups (broad SMARTS) is 2. The van der Waals surface area contributed by atoms with Gasteiger partial charge in [-0.05, 0) is 32.6 Å². The first-order valence-corrected chi connectivity index (χ1v) is 18.9. The molecule has 0 saturated carbocycles. The van der Waals surface area contributed by atoms with Crippen LogP contribution in [0.5, 0.6) is 0 Å². The van der Waals surface area contributed by atoms with Gasteiger partial charge in [-0.25, -0.2) is 4.79 Å². The van der Waals surface area contributed by atoms with Crippen LogP contribution in [0.1, 0.15) is 135 Å². The molecule has 296 valence electrons. The molecule has 14 nitrogen and oxygen atoms in total. The first kappa shape index (κ1) is 48.1. The van der Waals surface area contributed by atoms with Crippen molar-refractivity contribution in [2.45, 2.75) is 141 Å². The third-order valence-corrected chi connectivity index (χ3v) is 7.99. The van der Waals surface area contributed by atoms with E-state index < -0.39 is 18.0 Å². The molecule has 4 N–H and O–H groups in total. The highest BCUT2D eigenvalue weighted by Crippen LogP contribution is 2.14. The minimum atomic E-state index is -1.15. The largest absolute Gasteiger partial charge is 0.481 e. The highest BCUT2D eigenvalue weighted by molar-refractivity contribution is 5.84.